The van der Waals surface area contributed by atoms with Crippen LogP contribution < -0.4 is 0 Å². The Kier molecular flexibility index (Phi) is 224. The van der Waals surface area contributed by atoms with Gasteiger partial charge in [-0.2, -0.15) is 0 Å². The SMILES string of the molecule is [C-]#[O+].[C-]#[O+].[C-]#[O+].[C-]#[O+].[C-]#[O+].[C-]#[O+].[CH]1[CH][CH][CH][CH]1.[CH]1[CH][CH][CH][CH]1.[CH]1[CH][CH][CH][CH]1.[Mn].[Mn].[Mn].[Te]. The monoisotopic (exact) mass is 658 g/mol. The average molecular weight is 656 g/mol. The number of hydrogen-bond donors (Lipinski definition) is 0. The summed E-state index contributed by atoms with van der Waals surface area (Å²) in [4.78, 5) is 0. The summed E-state index contributed by atoms with van der Waals surface area (Å²) in [5.74, 6) is 0. The van der Waals surface area contributed by atoms with Gasteiger partial charge in [-0.25, -0.2) is 0 Å². The molecule has 0 amide bonds. The van der Waals surface area contributed by atoms with Gasteiger partial charge in [0.15, 0.2) is 0 Å². The molecule has 0 bridgehead atoms. The molecule has 0 aromatic carbocycles. The summed E-state index contributed by atoms with van der Waals surface area (Å²) >= 11 is 0. The minimum atomic E-state index is 0. The zero-order valence-electron chi connectivity index (χ0n) is 15.7. The third kappa shape index (κ3) is 102. The van der Waals surface area contributed by atoms with Gasteiger partial charge in [-0.1, -0.05) is 0 Å². The van der Waals surface area contributed by atoms with E-state index >= 15 is 0 Å². The van der Waals surface area contributed by atoms with Crippen molar-refractivity contribution in [2.45, 2.75) is 0 Å². The second-order valence-electron chi connectivity index (χ2n) is 2.89. The second-order valence-corrected chi connectivity index (χ2v) is 2.89. The summed E-state index contributed by atoms with van der Waals surface area (Å²) in [5, 5.41) is 0. The van der Waals surface area contributed by atoms with Crippen molar-refractivity contribution in [3.05, 3.63) is 136 Å². The van der Waals surface area contributed by atoms with Crippen LogP contribution in [0.5, 0.6) is 0 Å². The molecular weight excluding hydrogens is 641 g/mol. The van der Waals surface area contributed by atoms with Gasteiger partial charge in [-0.15, -0.1) is 0 Å². The van der Waals surface area contributed by atoms with Gasteiger partial charge in [-0.05, 0) is 96.3 Å². The van der Waals surface area contributed by atoms with Crippen LogP contribution in [-0.4, -0.2) is 23.7 Å². The molecule has 0 N–H and O–H groups in total. The van der Waals surface area contributed by atoms with Crippen LogP contribution in [0.25, 0.3) is 0 Å². The van der Waals surface area contributed by atoms with Gasteiger partial charge in [0.05, 0.1) is 0 Å². The van der Waals surface area contributed by atoms with Gasteiger partial charge in [0.1, 0.15) is 0 Å². The first-order chi connectivity index (χ1) is 13.5. The van der Waals surface area contributed by atoms with E-state index < -0.39 is 0 Å². The second kappa shape index (κ2) is 110. The molecule has 3 aliphatic carbocycles. The first-order valence-electron chi connectivity index (χ1n) is 6.22. The fourth-order valence-electron chi connectivity index (χ4n) is 0.962. The molecule has 31 heavy (non-hydrogen) atoms. The molecule has 0 aromatic heterocycles. The quantitative estimate of drug-likeness (QED) is 0.217. The molecule has 3 saturated carbocycles. The molecule has 0 saturated heterocycles. The van der Waals surface area contributed by atoms with Crippen LogP contribution in [0.2, 0.25) is 0 Å². The first-order valence-corrected chi connectivity index (χ1v) is 6.22. The van der Waals surface area contributed by atoms with Crippen molar-refractivity contribution in [1.82, 2.24) is 0 Å². The van der Waals surface area contributed by atoms with Gasteiger partial charge in [-0.3, -0.25) is 0 Å². The molecule has 0 unspecified atom stereocenters. The summed E-state index contributed by atoms with van der Waals surface area (Å²) in [6.45, 7) is 27.0. The van der Waals surface area contributed by atoms with E-state index in [9.17, 15) is 0 Å². The van der Waals surface area contributed by atoms with Crippen molar-refractivity contribution in [3.63, 3.8) is 0 Å². The van der Waals surface area contributed by atoms with Crippen molar-refractivity contribution in [3.8, 4) is 0 Å². The van der Waals surface area contributed by atoms with Crippen LogP contribution >= 0.6 is 0 Å². The molecule has 20 radical (unpaired) electrons. The molecule has 0 aromatic rings. The fourth-order valence-corrected chi connectivity index (χ4v) is 0.962. The molecule has 3 fully saturated rings. The Balaban J connectivity index is -0.0000000206. The molecule has 0 spiro atoms. The van der Waals surface area contributed by atoms with Crippen molar-refractivity contribution in [2.75, 3.05) is 0 Å². The van der Waals surface area contributed by atoms with Gasteiger partial charge in [0, 0.05) is 74.9 Å². The molecular formula is C21H15Mn3O6Te. The molecule has 0 heterocycles. The molecule has 0 aliphatic heterocycles. The molecule has 0 atom stereocenters. The average Bonchev–Trinajstić information content (AvgIpc) is 3.63. The van der Waals surface area contributed by atoms with E-state index in [1.54, 1.807) is 0 Å². The van der Waals surface area contributed by atoms with Crippen LogP contribution in [0, 0.1) is 136 Å². The number of rotatable bonds is 0. The molecule has 6 nitrogen and oxygen atoms in total. The molecule has 162 valence electrons. The van der Waals surface area contributed by atoms with Crippen molar-refractivity contribution >= 4 is 23.7 Å². The summed E-state index contributed by atoms with van der Waals surface area (Å²) in [5.41, 5.74) is 0. The Bertz CT molecular complexity index is 240. The van der Waals surface area contributed by atoms with Crippen LogP contribution in [0.15, 0.2) is 0 Å². The molecule has 3 aliphatic rings. The third-order valence-corrected chi connectivity index (χ3v) is 1.67. The van der Waals surface area contributed by atoms with Gasteiger partial charge in [0.2, 0.25) is 0 Å². The minimum Gasteiger partial charge on any atom is -0.0312 e. The zero-order valence-corrected chi connectivity index (χ0v) is 21.5. The normalized spacial score (nSPS) is 12.0. The van der Waals surface area contributed by atoms with E-state index in [0.29, 0.717) is 0 Å². The predicted octanol–water partition coefficient (Wildman–Crippen LogP) is 2.45. The smallest absolute Gasteiger partial charge is 0 e. The van der Waals surface area contributed by atoms with Gasteiger partial charge in [0.25, 0.3) is 0 Å². The first kappa shape index (κ1) is 63.5. The topological polar surface area (TPSA) is 119 Å². The van der Waals surface area contributed by atoms with E-state index in [2.05, 4.69) is 39.9 Å². The van der Waals surface area contributed by atoms with Crippen molar-refractivity contribution < 1.29 is 79.1 Å². The number of hydrogen-bond acceptors (Lipinski definition) is 0. The van der Waals surface area contributed by atoms with Crippen LogP contribution in [0.3, 0.4) is 0 Å². The van der Waals surface area contributed by atoms with Gasteiger partial charge < -0.3 is 0 Å². The van der Waals surface area contributed by atoms with Crippen LogP contribution in [0.4, 0.5) is 0 Å². The Labute approximate surface area is 237 Å². The van der Waals surface area contributed by atoms with E-state index in [-0.39, 0.29) is 74.9 Å². The Morgan fingerprint density at radius 2 is 0.258 bits per heavy atom. The van der Waals surface area contributed by atoms with E-state index in [1.807, 2.05) is 96.3 Å². The summed E-state index contributed by atoms with van der Waals surface area (Å²) < 4.78 is 45.0. The summed E-state index contributed by atoms with van der Waals surface area (Å²) in [6, 6.07) is 0. The zero-order chi connectivity index (χ0) is 22.6. The predicted molar refractivity (Wildman–Crippen MR) is 93.8 cm³/mol. The minimum absolute atomic E-state index is 0. The maximum absolute atomic E-state index is 7.50. The van der Waals surface area contributed by atoms with Gasteiger partial charge >= 0.3 is 67.8 Å². The van der Waals surface area contributed by atoms with Crippen LogP contribution in [0.1, 0.15) is 0 Å². The Morgan fingerprint density at radius 3 is 0.290 bits per heavy atom. The van der Waals surface area contributed by atoms with Crippen molar-refractivity contribution in [2.24, 2.45) is 0 Å². The third-order valence-electron chi connectivity index (χ3n) is 1.67. The molecule has 10 heteroatoms. The van der Waals surface area contributed by atoms with Crippen molar-refractivity contribution in [1.29, 1.82) is 0 Å². The largest absolute Gasteiger partial charge is 0.0312 e. The van der Waals surface area contributed by atoms with E-state index in [4.69, 9.17) is 27.9 Å². The maximum Gasteiger partial charge on any atom is 0 e. The van der Waals surface area contributed by atoms with E-state index in [0.717, 1.165) is 0 Å². The van der Waals surface area contributed by atoms with E-state index in [1.165, 1.54) is 0 Å². The summed E-state index contributed by atoms with van der Waals surface area (Å²) in [6.07, 6.45) is 30.0. The maximum atomic E-state index is 7.50. The molecule has 3 rings (SSSR count). The Hall–Kier alpha value is 0.788. The standard InChI is InChI=1S/3C5H5.6CO.3Mn.Te/c3*1-2-4-5-3-1;6*1-2;;;;/h3*1-5H;;;;;;;;;;. The fraction of sp³-hybridized carbons (Fsp3) is 0. The summed E-state index contributed by atoms with van der Waals surface area (Å²) in [7, 11) is 0. The van der Waals surface area contributed by atoms with Crippen LogP contribution in [-0.2, 0) is 79.1 Å². The Morgan fingerprint density at radius 1 is 0.226 bits per heavy atom.